The van der Waals surface area contributed by atoms with Crippen molar-refractivity contribution in [1.82, 2.24) is 15.3 Å². The molecular formula is C13H15FN4O2. The summed E-state index contributed by atoms with van der Waals surface area (Å²) in [5, 5.41) is 13.9. The monoisotopic (exact) mass is 278 g/mol. The van der Waals surface area contributed by atoms with E-state index < -0.39 is 16.4 Å². The van der Waals surface area contributed by atoms with Gasteiger partial charge in [0.15, 0.2) is 0 Å². The Morgan fingerprint density at radius 2 is 2.30 bits per heavy atom. The third-order valence-electron chi connectivity index (χ3n) is 2.80. The van der Waals surface area contributed by atoms with E-state index in [9.17, 15) is 14.5 Å². The van der Waals surface area contributed by atoms with Crippen molar-refractivity contribution in [3.63, 3.8) is 0 Å². The molecule has 2 aromatic rings. The van der Waals surface area contributed by atoms with E-state index in [0.717, 1.165) is 24.9 Å². The first-order chi connectivity index (χ1) is 9.61. The highest BCUT2D eigenvalue weighted by Gasteiger charge is 2.15. The van der Waals surface area contributed by atoms with Crippen molar-refractivity contribution in [2.24, 2.45) is 0 Å². The van der Waals surface area contributed by atoms with E-state index in [1.165, 1.54) is 12.1 Å². The van der Waals surface area contributed by atoms with Crippen molar-refractivity contribution in [3.8, 4) is 11.3 Å². The number of nitro benzene ring substituents is 1. The molecule has 0 amide bonds. The van der Waals surface area contributed by atoms with Crippen LogP contribution in [0.5, 0.6) is 0 Å². The van der Waals surface area contributed by atoms with Crippen molar-refractivity contribution >= 4 is 5.69 Å². The molecule has 7 heteroatoms. The molecule has 0 aliphatic rings. The molecule has 106 valence electrons. The second-order valence-corrected chi connectivity index (χ2v) is 4.34. The maximum atomic E-state index is 13.3. The third kappa shape index (κ3) is 3.18. The van der Waals surface area contributed by atoms with Gasteiger partial charge in [-0.05, 0) is 25.1 Å². The maximum Gasteiger partial charge on any atom is 0.305 e. The first-order valence-corrected chi connectivity index (χ1v) is 6.30. The van der Waals surface area contributed by atoms with Gasteiger partial charge in [0.25, 0.3) is 0 Å². The molecule has 1 aromatic carbocycles. The number of aromatic nitrogens is 2. The van der Waals surface area contributed by atoms with Gasteiger partial charge in [-0.3, -0.25) is 10.1 Å². The fourth-order valence-corrected chi connectivity index (χ4v) is 1.80. The van der Waals surface area contributed by atoms with Crippen molar-refractivity contribution < 1.29 is 9.31 Å². The van der Waals surface area contributed by atoms with Crippen molar-refractivity contribution in [3.05, 3.63) is 46.2 Å². The molecule has 20 heavy (non-hydrogen) atoms. The number of rotatable bonds is 6. The lowest BCUT2D eigenvalue weighted by Gasteiger charge is -2.00. The molecule has 6 nitrogen and oxygen atoms in total. The van der Waals surface area contributed by atoms with Crippen LogP contribution in [-0.4, -0.2) is 21.4 Å². The Bertz CT molecular complexity index is 612. The van der Waals surface area contributed by atoms with Gasteiger partial charge in [0, 0.05) is 11.6 Å². The van der Waals surface area contributed by atoms with Crippen LogP contribution in [0.4, 0.5) is 10.1 Å². The van der Waals surface area contributed by atoms with Gasteiger partial charge in [-0.25, -0.2) is 4.98 Å². The molecule has 0 aliphatic heterocycles. The molecular weight excluding hydrogens is 263 g/mol. The minimum Gasteiger partial charge on any atom is -0.341 e. The summed E-state index contributed by atoms with van der Waals surface area (Å²) in [6, 6.07) is 3.77. The van der Waals surface area contributed by atoms with E-state index in [2.05, 4.69) is 22.2 Å². The number of hydrogen-bond donors (Lipinski definition) is 2. The summed E-state index contributed by atoms with van der Waals surface area (Å²) in [7, 11) is 0. The van der Waals surface area contributed by atoms with E-state index >= 15 is 0 Å². The molecule has 0 saturated heterocycles. The number of benzene rings is 1. The molecule has 0 saturated carbocycles. The lowest BCUT2D eigenvalue weighted by molar-refractivity contribution is -0.387. The number of nitrogens with zero attached hydrogens (tertiary/aromatic N) is 2. The molecule has 2 rings (SSSR count). The second kappa shape index (κ2) is 6.25. The van der Waals surface area contributed by atoms with Crippen LogP contribution < -0.4 is 5.32 Å². The Balaban J connectivity index is 2.19. The highest BCUT2D eigenvalue weighted by molar-refractivity contribution is 5.62. The standard InChI is InChI=1S/C13H15FN4O2/c1-2-5-15-8-13-16-7-11(17-13)9-3-4-10(14)12(6-9)18(19)20/h3-4,6-7,15H,2,5,8H2,1H3,(H,16,17). The highest BCUT2D eigenvalue weighted by Crippen LogP contribution is 2.25. The zero-order valence-electron chi connectivity index (χ0n) is 11.0. The SMILES string of the molecule is CCCNCc1ncc(-c2ccc(F)c([N+](=O)[O-])c2)[nH]1. The highest BCUT2D eigenvalue weighted by atomic mass is 19.1. The minimum atomic E-state index is -0.844. The van der Waals surface area contributed by atoms with Crippen LogP contribution in [0.15, 0.2) is 24.4 Å². The van der Waals surface area contributed by atoms with Crippen molar-refractivity contribution in [1.29, 1.82) is 0 Å². The predicted octanol–water partition coefficient (Wildman–Crippen LogP) is 2.62. The van der Waals surface area contributed by atoms with Crippen LogP contribution in [0.1, 0.15) is 19.2 Å². The number of halogens is 1. The molecule has 0 atom stereocenters. The van der Waals surface area contributed by atoms with Crippen LogP contribution in [0.3, 0.4) is 0 Å². The number of nitrogens with one attached hydrogen (secondary N) is 2. The second-order valence-electron chi connectivity index (χ2n) is 4.34. The van der Waals surface area contributed by atoms with E-state index in [-0.39, 0.29) is 0 Å². The van der Waals surface area contributed by atoms with Gasteiger partial charge in [0.1, 0.15) is 5.82 Å². The summed E-state index contributed by atoms with van der Waals surface area (Å²) in [5.74, 6) is -0.108. The van der Waals surface area contributed by atoms with Crippen LogP contribution in [-0.2, 0) is 6.54 Å². The van der Waals surface area contributed by atoms with Gasteiger partial charge in [0.2, 0.25) is 5.82 Å². The molecule has 2 N–H and O–H groups in total. The number of hydrogen-bond acceptors (Lipinski definition) is 4. The fraction of sp³-hybridized carbons (Fsp3) is 0.308. The first-order valence-electron chi connectivity index (χ1n) is 6.30. The number of aromatic amines is 1. The molecule has 0 spiro atoms. The van der Waals surface area contributed by atoms with Gasteiger partial charge in [-0.15, -0.1) is 0 Å². The van der Waals surface area contributed by atoms with Gasteiger partial charge in [0.05, 0.1) is 23.4 Å². The summed E-state index contributed by atoms with van der Waals surface area (Å²) >= 11 is 0. The minimum absolute atomic E-state index is 0.535. The first kappa shape index (κ1) is 14.1. The van der Waals surface area contributed by atoms with Gasteiger partial charge in [-0.2, -0.15) is 4.39 Å². The van der Waals surface area contributed by atoms with Crippen LogP contribution in [0, 0.1) is 15.9 Å². The molecule has 0 unspecified atom stereocenters. The summed E-state index contributed by atoms with van der Waals surface area (Å²) in [6.45, 7) is 3.55. The average molecular weight is 278 g/mol. The topological polar surface area (TPSA) is 83.8 Å². The van der Waals surface area contributed by atoms with Crippen LogP contribution >= 0.6 is 0 Å². The number of imidazole rings is 1. The Morgan fingerprint density at radius 3 is 3.00 bits per heavy atom. The van der Waals surface area contributed by atoms with Gasteiger partial charge >= 0.3 is 5.69 Å². The summed E-state index contributed by atoms with van der Waals surface area (Å²) in [6.07, 6.45) is 2.61. The smallest absolute Gasteiger partial charge is 0.305 e. The van der Waals surface area contributed by atoms with Gasteiger partial charge < -0.3 is 10.3 Å². The lowest BCUT2D eigenvalue weighted by atomic mass is 10.1. The van der Waals surface area contributed by atoms with E-state index in [4.69, 9.17) is 0 Å². The number of nitro groups is 1. The quantitative estimate of drug-likeness (QED) is 0.483. The zero-order valence-corrected chi connectivity index (χ0v) is 11.0. The Hall–Kier alpha value is -2.28. The third-order valence-corrected chi connectivity index (χ3v) is 2.80. The fourth-order valence-electron chi connectivity index (χ4n) is 1.80. The lowest BCUT2D eigenvalue weighted by Crippen LogP contribution is -2.14. The van der Waals surface area contributed by atoms with Crippen molar-refractivity contribution in [2.45, 2.75) is 19.9 Å². The van der Waals surface area contributed by atoms with E-state index in [0.29, 0.717) is 17.8 Å². The summed E-state index contributed by atoms with van der Waals surface area (Å²) in [4.78, 5) is 17.2. The summed E-state index contributed by atoms with van der Waals surface area (Å²) < 4.78 is 13.3. The normalized spacial score (nSPS) is 10.7. The Kier molecular flexibility index (Phi) is 4.41. The average Bonchev–Trinajstić information content (AvgIpc) is 2.88. The van der Waals surface area contributed by atoms with Crippen LogP contribution in [0.2, 0.25) is 0 Å². The molecule has 0 bridgehead atoms. The molecule has 1 aromatic heterocycles. The van der Waals surface area contributed by atoms with Crippen LogP contribution in [0.25, 0.3) is 11.3 Å². The largest absolute Gasteiger partial charge is 0.341 e. The Labute approximate surface area is 115 Å². The van der Waals surface area contributed by atoms with E-state index in [1.54, 1.807) is 6.20 Å². The zero-order chi connectivity index (χ0) is 14.5. The van der Waals surface area contributed by atoms with Gasteiger partial charge in [-0.1, -0.05) is 6.92 Å². The van der Waals surface area contributed by atoms with Crippen molar-refractivity contribution in [2.75, 3.05) is 6.54 Å². The number of H-pyrrole nitrogens is 1. The molecule has 1 heterocycles. The molecule has 0 aliphatic carbocycles. The predicted molar refractivity (Wildman–Crippen MR) is 72.6 cm³/mol. The maximum absolute atomic E-state index is 13.3. The molecule has 0 fully saturated rings. The van der Waals surface area contributed by atoms with E-state index in [1.807, 2.05) is 0 Å². The summed E-state index contributed by atoms with van der Waals surface area (Å²) in [5.41, 5.74) is 0.622. The molecule has 0 radical (unpaired) electrons. The Morgan fingerprint density at radius 1 is 1.50 bits per heavy atom.